The monoisotopic (exact) mass is 386 g/mol. The summed E-state index contributed by atoms with van der Waals surface area (Å²) in [5.41, 5.74) is 2.62. The van der Waals surface area contributed by atoms with Gasteiger partial charge in [0.05, 0.1) is 11.5 Å². The molecule has 1 aromatic carbocycles. The van der Waals surface area contributed by atoms with Gasteiger partial charge in [-0.3, -0.25) is 14.4 Å². The number of aromatic amines is 1. The third-order valence-electron chi connectivity index (χ3n) is 4.46. The Morgan fingerprint density at radius 3 is 2.78 bits per heavy atom. The Kier molecular flexibility index (Phi) is 5.65. The number of thioether (sulfide) groups is 1. The van der Waals surface area contributed by atoms with E-state index in [9.17, 15) is 14.4 Å². The number of benzene rings is 1. The molecule has 2 aromatic rings. The van der Waals surface area contributed by atoms with E-state index in [0.717, 1.165) is 23.3 Å². The first-order valence-electron chi connectivity index (χ1n) is 8.84. The van der Waals surface area contributed by atoms with Gasteiger partial charge in [-0.05, 0) is 43.5 Å². The third-order valence-corrected chi connectivity index (χ3v) is 5.54. The maximum absolute atomic E-state index is 12.8. The highest BCUT2D eigenvalue weighted by molar-refractivity contribution is 7.99. The molecule has 2 amide bonds. The summed E-state index contributed by atoms with van der Waals surface area (Å²) in [6.45, 7) is 5.97. The maximum atomic E-state index is 12.8. The van der Waals surface area contributed by atoms with Crippen molar-refractivity contribution in [2.45, 2.75) is 44.7 Å². The molecule has 3 rings (SSSR count). The molecule has 7 nitrogen and oxygen atoms in total. The van der Waals surface area contributed by atoms with Crippen molar-refractivity contribution in [2.75, 3.05) is 16.4 Å². The minimum absolute atomic E-state index is 0.0874. The van der Waals surface area contributed by atoms with Crippen molar-refractivity contribution in [2.24, 2.45) is 0 Å². The first-order chi connectivity index (χ1) is 12.9. The lowest BCUT2D eigenvalue weighted by Gasteiger charge is -2.23. The second-order valence-electron chi connectivity index (χ2n) is 6.57. The van der Waals surface area contributed by atoms with Gasteiger partial charge in [0.15, 0.2) is 5.16 Å². The molecular formula is C19H22N4O3S. The van der Waals surface area contributed by atoms with Crippen LogP contribution in [0.25, 0.3) is 0 Å². The van der Waals surface area contributed by atoms with Gasteiger partial charge in [0.2, 0.25) is 11.8 Å². The summed E-state index contributed by atoms with van der Waals surface area (Å²) in [4.78, 5) is 44.5. The normalized spacial score (nSPS) is 15.8. The number of carbonyl (C=O) groups is 2. The van der Waals surface area contributed by atoms with E-state index < -0.39 is 11.8 Å². The number of nitrogens with zero attached hydrogens (tertiary/aromatic N) is 1. The molecule has 0 saturated heterocycles. The molecule has 27 heavy (non-hydrogen) atoms. The Balaban J connectivity index is 1.90. The topological polar surface area (TPSA) is 104 Å². The molecular weight excluding hydrogens is 364 g/mol. The Bertz CT molecular complexity index is 954. The highest BCUT2D eigenvalue weighted by Crippen LogP contribution is 2.30. The minimum Gasteiger partial charge on any atom is -0.326 e. The summed E-state index contributed by atoms with van der Waals surface area (Å²) in [7, 11) is 0. The molecule has 1 aromatic heterocycles. The van der Waals surface area contributed by atoms with Crippen LogP contribution in [0.3, 0.4) is 0 Å². The summed E-state index contributed by atoms with van der Waals surface area (Å²) in [5.74, 6) is -0.625. The van der Waals surface area contributed by atoms with Crippen LogP contribution in [-0.4, -0.2) is 27.5 Å². The van der Waals surface area contributed by atoms with Gasteiger partial charge in [-0.2, -0.15) is 0 Å². The van der Waals surface area contributed by atoms with Gasteiger partial charge in [0, 0.05) is 17.9 Å². The van der Waals surface area contributed by atoms with Crippen molar-refractivity contribution in [3.8, 4) is 0 Å². The third kappa shape index (κ3) is 4.21. The fourth-order valence-corrected chi connectivity index (χ4v) is 3.61. The van der Waals surface area contributed by atoms with Gasteiger partial charge in [0.25, 0.3) is 5.56 Å². The number of aromatic nitrogens is 2. The number of aryl methyl sites for hydroxylation is 2. The van der Waals surface area contributed by atoms with Crippen LogP contribution in [0, 0.1) is 13.8 Å². The largest absolute Gasteiger partial charge is 0.326 e. The number of hydrogen-bond donors (Lipinski definition) is 3. The predicted octanol–water partition coefficient (Wildman–Crippen LogP) is 2.95. The second kappa shape index (κ2) is 7.96. The first kappa shape index (κ1) is 19.2. The van der Waals surface area contributed by atoms with Gasteiger partial charge in [-0.25, -0.2) is 4.98 Å². The lowest BCUT2D eigenvalue weighted by atomic mass is 9.92. The lowest BCUT2D eigenvalue weighted by molar-refractivity contribution is -0.123. The van der Waals surface area contributed by atoms with Gasteiger partial charge >= 0.3 is 0 Å². The molecule has 0 fully saturated rings. The Morgan fingerprint density at radius 1 is 1.30 bits per heavy atom. The first-order valence-corrected chi connectivity index (χ1v) is 9.82. The fourth-order valence-electron chi connectivity index (χ4n) is 2.89. The number of rotatable bonds is 5. The van der Waals surface area contributed by atoms with Gasteiger partial charge in [-0.1, -0.05) is 24.8 Å². The van der Waals surface area contributed by atoms with Crippen LogP contribution in [0.2, 0.25) is 0 Å². The van der Waals surface area contributed by atoms with Crippen molar-refractivity contribution in [3.05, 3.63) is 45.2 Å². The number of hydrogen-bond acceptors (Lipinski definition) is 5. The number of anilines is 2. The molecule has 3 N–H and O–H groups in total. The van der Waals surface area contributed by atoms with Gasteiger partial charge in [-0.15, -0.1) is 0 Å². The van der Waals surface area contributed by atoms with E-state index >= 15 is 0 Å². The summed E-state index contributed by atoms with van der Waals surface area (Å²) in [6, 6.07) is 5.58. The molecule has 0 unspecified atom stereocenters. The van der Waals surface area contributed by atoms with E-state index in [0.29, 0.717) is 10.8 Å². The zero-order valence-corrected chi connectivity index (χ0v) is 16.3. The van der Waals surface area contributed by atoms with E-state index in [-0.39, 0.29) is 29.3 Å². The average Bonchev–Trinajstić information content (AvgIpc) is 2.62. The zero-order chi connectivity index (χ0) is 19.6. The van der Waals surface area contributed by atoms with Crippen LogP contribution in [-0.2, 0) is 9.59 Å². The summed E-state index contributed by atoms with van der Waals surface area (Å²) in [5, 5.41) is 5.87. The number of H-pyrrole nitrogens is 1. The summed E-state index contributed by atoms with van der Waals surface area (Å²) in [6.07, 6.45) is 0.842. The van der Waals surface area contributed by atoms with Crippen molar-refractivity contribution in [3.63, 3.8) is 0 Å². The Morgan fingerprint density at radius 2 is 2.07 bits per heavy atom. The second-order valence-corrected chi connectivity index (χ2v) is 7.66. The quantitative estimate of drug-likeness (QED) is 0.541. The lowest BCUT2D eigenvalue weighted by Crippen LogP contribution is -2.36. The molecule has 8 heteroatoms. The standard InChI is InChI=1S/C19H22N4O3S/c1-4-7-27-19-22-16-15(18(26)23-19)13(9-14(24)21-16)17(25)20-12-6-5-10(2)11(3)8-12/h5-6,8,13H,4,7,9H2,1-3H3,(H,20,25)(H2,21,22,23,24,26)/t13-/m1/s1. The van der Waals surface area contributed by atoms with Crippen LogP contribution >= 0.6 is 11.8 Å². The molecule has 0 saturated carbocycles. The van der Waals surface area contributed by atoms with E-state index in [1.807, 2.05) is 32.9 Å². The SMILES string of the molecule is CCCSc1nc2c(c(=O)[nH]1)[C@H](C(=O)Nc1ccc(C)c(C)c1)CC(=O)N2. The molecule has 1 aliphatic heterocycles. The van der Waals surface area contributed by atoms with Crippen LogP contribution in [0.4, 0.5) is 11.5 Å². The van der Waals surface area contributed by atoms with Crippen LogP contribution in [0.1, 0.15) is 42.4 Å². The summed E-state index contributed by atoms with van der Waals surface area (Å²) < 4.78 is 0. The van der Waals surface area contributed by atoms with E-state index in [1.54, 1.807) is 6.07 Å². The molecule has 0 bridgehead atoms. The van der Waals surface area contributed by atoms with Crippen LogP contribution in [0.5, 0.6) is 0 Å². The van der Waals surface area contributed by atoms with Crippen molar-refractivity contribution in [1.29, 1.82) is 0 Å². The molecule has 142 valence electrons. The van der Waals surface area contributed by atoms with Crippen molar-refractivity contribution < 1.29 is 9.59 Å². The molecule has 1 atom stereocenters. The zero-order valence-electron chi connectivity index (χ0n) is 15.5. The van der Waals surface area contributed by atoms with Gasteiger partial charge in [0.1, 0.15) is 5.82 Å². The summed E-state index contributed by atoms with van der Waals surface area (Å²) >= 11 is 1.41. The highest BCUT2D eigenvalue weighted by atomic mass is 32.2. The number of nitrogens with one attached hydrogen (secondary N) is 3. The Hall–Kier alpha value is -2.61. The smallest absolute Gasteiger partial charge is 0.257 e. The molecule has 2 heterocycles. The molecule has 0 radical (unpaired) electrons. The number of amides is 2. The van der Waals surface area contributed by atoms with Crippen molar-refractivity contribution >= 4 is 35.1 Å². The average molecular weight is 386 g/mol. The van der Waals surface area contributed by atoms with Crippen LogP contribution < -0.4 is 16.2 Å². The van der Waals surface area contributed by atoms with Crippen LogP contribution in [0.15, 0.2) is 28.2 Å². The van der Waals surface area contributed by atoms with Crippen molar-refractivity contribution in [1.82, 2.24) is 9.97 Å². The van der Waals surface area contributed by atoms with E-state index in [1.165, 1.54) is 11.8 Å². The Labute approximate surface area is 161 Å². The fraction of sp³-hybridized carbons (Fsp3) is 0.368. The predicted molar refractivity (Wildman–Crippen MR) is 106 cm³/mol. The molecule has 0 spiro atoms. The molecule has 0 aliphatic carbocycles. The van der Waals surface area contributed by atoms with E-state index in [2.05, 4.69) is 20.6 Å². The van der Waals surface area contributed by atoms with E-state index in [4.69, 9.17) is 0 Å². The van der Waals surface area contributed by atoms with Gasteiger partial charge < -0.3 is 15.6 Å². The maximum Gasteiger partial charge on any atom is 0.257 e. The highest BCUT2D eigenvalue weighted by Gasteiger charge is 2.34. The molecule has 1 aliphatic rings. The minimum atomic E-state index is -0.878. The number of carbonyl (C=O) groups excluding carboxylic acids is 2. The number of fused-ring (bicyclic) bond motifs is 1.